The monoisotopic (exact) mass is 347 g/mol. The van der Waals surface area contributed by atoms with Gasteiger partial charge in [-0.05, 0) is 60.7 Å². The van der Waals surface area contributed by atoms with Crippen molar-refractivity contribution in [2.24, 2.45) is 0 Å². The van der Waals surface area contributed by atoms with Crippen molar-refractivity contribution in [1.29, 1.82) is 0 Å². The summed E-state index contributed by atoms with van der Waals surface area (Å²) >= 11 is 0. The highest BCUT2D eigenvalue weighted by Crippen LogP contribution is 2.31. The molecule has 0 aromatic heterocycles. The van der Waals surface area contributed by atoms with E-state index in [4.69, 9.17) is 4.74 Å². The summed E-state index contributed by atoms with van der Waals surface area (Å²) in [6.45, 7) is 2.18. The van der Waals surface area contributed by atoms with Crippen LogP contribution in [0.3, 0.4) is 0 Å². The summed E-state index contributed by atoms with van der Waals surface area (Å²) in [4.78, 5) is 0. The molecule has 0 saturated carbocycles. The summed E-state index contributed by atoms with van der Waals surface area (Å²) in [5.74, 6) is 1.16. The third kappa shape index (κ3) is 4.57. The van der Waals surface area contributed by atoms with E-state index in [1.54, 1.807) is 19.2 Å². The molecule has 3 aromatic carbocycles. The Morgan fingerprint density at radius 2 is 1.65 bits per heavy atom. The van der Waals surface area contributed by atoms with Crippen LogP contribution in [0.2, 0.25) is 0 Å². The predicted octanol–water partition coefficient (Wildman–Crippen LogP) is 5.50. The number of methoxy groups -OCH3 is 1. The minimum atomic E-state index is 0.295. The highest BCUT2D eigenvalue weighted by molar-refractivity contribution is 5.72. The third-order valence-electron chi connectivity index (χ3n) is 4.51. The SMILES string of the molecule is COc1ccc(-c2ccccc2)cc1NC(C)CCc1ccc(O)cc1. The fourth-order valence-electron chi connectivity index (χ4n) is 3.01. The summed E-state index contributed by atoms with van der Waals surface area (Å²) < 4.78 is 5.52. The Bertz CT molecular complexity index is 829. The Kier molecular flexibility index (Phi) is 5.80. The normalized spacial score (nSPS) is 11.8. The molecular formula is C23H25NO2. The molecular weight excluding hydrogens is 322 g/mol. The quantitative estimate of drug-likeness (QED) is 0.593. The van der Waals surface area contributed by atoms with E-state index in [2.05, 4.69) is 36.5 Å². The Morgan fingerprint density at radius 3 is 2.35 bits per heavy atom. The number of hydrogen-bond donors (Lipinski definition) is 2. The number of anilines is 1. The number of benzene rings is 3. The third-order valence-corrected chi connectivity index (χ3v) is 4.51. The van der Waals surface area contributed by atoms with Crippen molar-refractivity contribution < 1.29 is 9.84 Å². The first kappa shape index (κ1) is 17.9. The average molecular weight is 347 g/mol. The van der Waals surface area contributed by atoms with Gasteiger partial charge in [-0.25, -0.2) is 0 Å². The van der Waals surface area contributed by atoms with Crippen LogP contribution in [0, 0.1) is 0 Å². The highest BCUT2D eigenvalue weighted by atomic mass is 16.5. The largest absolute Gasteiger partial charge is 0.508 e. The van der Waals surface area contributed by atoms with E-state index in [1.165, 1.54) is 16.7 Å². The number of hydrogen-bond acceptors (Lipinski definition) is 3. The molecule has 2 N–H and O–H groups in total. The molecule has 134 valence electrons. The highest BCUT2D eigenvalue weighted by Gasteiger charge is 2.09. The maximum Gasteiger partial charge on any atom is 0.141 e. The summed E-state index contributed by atoms with van der Waals surface area (Å²) in [5.41, 5.74) is 4.59. The van der Waals surface area contributed by atoms with Crippen LogP contribution in [-0.2, 0) is 6.42 Å². The van der Waals surface area contributed by atoms with Crippen molar-refractivity contribution in [3.05, 3.63) is 78.4 Å². The van der Waals surface area contributed by atoms with Gasteiger partial charge in [-0.1, -0.05) is 48.5 Å². The van der Waals surface area contributed by atoms with Crippen molar-refractivity contribution in [1.82, 2.24) is 0 Å². The zero-order valence-corrected chi connectivity index (χ0v) is 15.3. The second-order valence-electron chi connectivity index (χ2n) is 6.53. The lowest BCUT2D eigenvalue weighted by Gasteiger charge is -2.19. The van der Waals surface area contributed by atoms with Gasteiger partial charge in [-0.15, -0.1) is 0 Å². The molecule has 0 spiro atoms. The summed E-state index contributed by atoms with van der Waals surface area (Å²) in [5, 5.41) is 13.0. The van der Waals surface area contributed by atoms with Crippen LogP contribution < -0.4 is 10.1 Å². The maximum absolute atomic E-state index is 9.38. The van der Waals surface area contributed by atoms with Gasteiger partial charge < -0.3 is 15.2 Å². The zero-order chi connectivity index (χ0) is 18.4. The van der Waals surface area contributed by atoms with Crippen molar-refractivity contribution in [3.63, 3.8) is 0 Å². The van der Waals surface area contributed by atoms with E-state index in [0.29, 0.717) is 11.8 Å². The molecule has 0 heterocycles. The minimum Gasteiger partial charge on any atom is -0.508 e. The number of nitrogens with one attached hydrogen (secondary N) is 1. The molecule has 0 aliphatic heterocycles. The van der Waals surface area contributed by atoms with Gasteiger partial charge in [-0.3, -0.25) is 0 Å². The van der Waals surface area contributed by atoms with Gasteiger partial charge in [0, 0.05) is 6.04 Å². The van der Waals surface area contributed by atoms with Crippen LogP contribution in [0.15, 0.2) is 72.8 Å². The van der Waals surface area contributed by atoms with E-state index < -0.39 is 0 Å². The first-order valence-corrected chi connectivity index (χ1v) is 8.93. The molecule has 0 saturated heterocycles. The van der Waals surface area contributed by atoms with E-state index in [-0.39, 0.29) is 0 Å². The van der Waals surface area contributed by atoms with Gasteiger partial charge in [0.2, 0.25) is 0 Å². The summed E-state index contributed by atoms with van der Waals surface area (Å²) in [6, 6.07) is 24.3. The van der Waals surface area contributed by atoms with Crippen LogP contribution in [0.1, 0.15) is 18.9 Å². The van der Waals surface area contributed by atoms with Crippen LogP contribution in [-0.4, -0.2) is 18.3 Å². The standard InChI is InChI=1S/C23H25NO2/c1-17(8-9-18-10-13-21(25)14-11-18)24-22-16-20(12-15-23(22)26-2)19-6-4-3-5-7-19/h3-7,10-17,24-25H,8-9H2,1-2H3. The van der Waals surface area contributed by atoms with Gasteiger partial charge in [0.05, 0.1) is 12.8 Å². The van der Waals surface area contributed by atoms with Crippen LogP contribution >= 0.6 is 0 Å². The molecule has 0 aliphatic carbocycles. The lowest BCUT2D eigenvalue weighted by Crippen LogP contribution is -2.16. The topological polar surface area (TPSA) is 41.5 Å². The van der Waals surface area contributed by atoms with Gasteiger partial charge in [-0.2, -0.15) is 0 Å². The predicted molar refractivity (Wildman–Crippen MR) is 108 cm³/mol. The summed E-state index contributed by atoms with van der Waals surface area (Å²) in [6.07, 6.45) is 1.94. The molecule has 26 heavy (non-hydrogen) atoms. The van der Waals surface area contributed by atoms with E-state index in [0.717, 1.165) is 24.3 Å². The van der Waals surface area contributed by atoms with E-state index in [9.17, 15) is 5.11 Å². The van der Waals surface area contributed by atoms with Gasteiger partial charge in [0.15, 0.2) is 0 Å². The molecule has 0 bridgehead atoms. The number of aryl methyl sites for hydroxylation is 1. The lowest BCUT2D eigenvalue weighted by molar-refractivity contribution is 0.416. The molecule has 0 fully saturated rings. The second-order valence-corrected chi connectivity index (χ2v) is 6.53. The average Bonchev–Trinajstić information content (AvgIpc) is 2.68. The smallest absolute Gasteiger partial charge is 0.141 e. The van der Waals surface area contributed by atoms with Crippen molar-refractivity contribution in [3.8, 4) is 22.6 Å². The van der Waals surface area contributed by atoms with Crippen LogP contribution in [0.4, 0.5) is 5.69 Å². The van der Waals surface area contributed by atoms with Crippen molar-refractivity contribution in [2.45, 2.75) is 25.8 Å². The molecule has 0 aliphatic rings. The molecule has 1 atom stereocenters. The zero-order valence-electron chi connectivity index (χ0n) is 15.3. The number of rotatable bonds is 7. The van der Waals surface area contributed by atoms with Crippen molar-refractivity contribution in [2.75, 3.05) is 12.4 Å². The number of phenols is 1. The molecule has 0 amide bonds. The molecule has 3 nitrogen and oxygen atoms in total. The first-order chi connectivity index (χ1) is 12.7. The molecule has 3 heteroatoms. The van der Waals surface area contributed by atoms with Gasteiger partial charge >= 0.3 is 0 Å². The van der Waals surface area contributed by atoms with Gasteiger partial charge in [0.25, 0.3) is 0 Å². The number of phenolic OH excluding ortho intramolecular Hbond substituents is 1. The van der Waals surface area contributed by atoms with Crippen LogP contribution in [0.5, 0.6) is 11.5 Å². The van der Waals surface area contributed by atoms with Crippen LogP contribution in [0.25, 0.3) is 11.1 Å². The molecule has 3 rings (SSSR count). The fourth-order valence-corrected chi connectivity index (χ4v) is 3.01. The number of ether oxygens (including phenoxy) is 1. The number of aromatic hydroxyl groups is 1. The fraction of sp³-hybridized carbons (Fsp3) is 0.217. The van der Waals surface area contributed by atoms with E-state index >= 15 is 0 Å². The Labute approximate surface area is 155 Å². The molecule has 0 radical (unpaired) electrons. The van der Waals surface area contributed by atoms with Gasteiger partial charge in [0.1, 0.15) is 11.5 Å². The Balaban J connectivity index is 1.70. The Morgan fingerprint density at radius 1 is 0.923 bits per heavy atom. The lowest BCUT2D eigenvalue weighted by atomic mass is 10.0. The van der Waals surface area contributed by atoms with E-state index in [1.807, 2.05) is 36.4 Å². The first-order valence-electron chi connectivity index (χ1n) is 8.93. The molecule has 1 unspecified atom stereocenters. The Hall–Kier alpha value is -2.94. The summed E-state index contributed by atoms with van der Waals surface area (Å²) in [7, 11) is 1.70. The molecule has 3 aromatic rings. The van der Waals surface area contributed by atoms with Crippen molar-refractivity contribution >= 4 is 5.69 Å². The minimum absolute atomic E-state index is 0.295. The maximum atomic E-state index is 9.38. The second kappa shape index (κ2) is 8.43.